The smallest absolute Gasteiger partial charge is 0.281 e. The molecule has 13 heteroatoms. The van der Waals surface area contributed by atoms with E-state index in [0.717, 1.165) is 55.3 Å². The van der Waals surface area contributed by atoms with Crippen molar-refractivity contribution in [3.63, 3.8) is 0 Å². The molecule has 1 fully saturated rings. The maximum absolute atomic E-state index is 13.4. The molecule has 0 spiro atoms. The number of fused-ring (bicyclic) bond motifs is 1. The van der Waals surface area contributed by atoms with E-state index in [1.54, 1.807) is 36.9 Å². The Morgan fingerprint density at radius 1 is 1.23 bits per heavy atom. The van der Waals surface area contributed by atoms with E-state index in [-0.39, 0.29) is 10.9 Å². The number of nitrogens with one attached hydrogen (secondary N) is 1. The number of ether oxygens (including phenoxy) is 1. The third-order valence-corrected chi connectivity index (χ3v) is 10.3. The molecule has 2 aromatic heterocycles. The van der Waals surface area contributed by atoms with Gasteiger partial charge in [-0.3, -0.25) is 19.0 Å². The standard InChI is InChI=1S/C27H34N6O4S3/c1-19(34)33-10-8-32(9-11-33)18-22-17-29-27(39-22)23-15-20-14-21(37-12-5-13-38)16-24(26(20)30-23)31(2)40(35,36)25-6-3-4-7-28-25/h3-4,6-7,14-16,22,30,38H,5,8-13,17-18H2,1-2H3. The quantitative estimate of drug-likeness (QED) is 0.271. The number of aromatic nitrogens is 2. The van der Waals surface area contributed by atoms with E-state index in [1.807, 2.05) is 17.0 Å². The normalized spacial score (nSPS) is 18.2. The summed E-state index contributed by atoms with van der Waals surface area (Å²) in [6.07, 6.45) is 2.24. The monoisotopic (exact) mass is 602 g/mol. The second-order valence-corrected chi connectivity index (χ2v) is 13.5. The van der Waals surface area contributed by atoms with Crippen LogP contribution in [0.25, 0.3) is 10.9 Å². The van der Waals surface area contributed by atoms with E-state index in [9.17, 15) is 13.2 Å². The van der Waals surface area contributed by atoms with Gasteiger partial charge in [0.25, 0.3) is 10.0 Å². The van der Waals surface area contributed by atoms with Gasteiger partial charge in [-0.05, 0) is 36.4 Å². The third-order valence-electron chi connectivity index (χ3n) is 7.08. The van der Waals surface area contributed by atoms with Crippen molar-refractivity contribution in [2.45, 2.75) is 23.6 Å². The number of pyridine rings is 1. The van der Waals surface area contributed by atoms with Crippen molar-refractivity contribution in [3.8, 4) is 5.75 Å². The van der Waals surface area contributed by atoms with Crippen LogP contribution in [0, 0.1) is 0 Å². The number of aliphatic imine (C=N–C) groups is 1. The summed E-state index contributed by atoms with van der Waals surface area (Å²) in [7, 11) is -2.37. The van der Waals surface area contributed by atoms with Gasteiger partial charge in [0.05, 0.1) is 30.0 Å². The number of carbonyl (C=O) groups is 1. The van der Waals surface area contributed by atoms with E-state index in [1.165, 1.54) is 23.6 Å². The van der Waals surface area contributed by atoms with E-state index in [4.69, 9.17) is 9.73 Å². The molecule has 1 N–H and O–H groups in total. The first kappa shape index (κ1) is 28.8. The van der Waals surface area contributed by atoms with Gasteiger partial charge in [0.15, 0.2) is 5.03 Å². The number of hydrogen-bond acceptors (Lipinski definition) is 9. The second-order valence-electron chi connectivity index (χ2n) is 9.85. The number of sulfonamides is 1. The van der Waals surface area contributed by atoms with Crippen LogP contribution in [-0.2, 0) is 14.8 Å². The Bertz CT molecular complexity index is 1490. The van der Waals surface area contributed by atoms with Crippen molar-refractivity contribution >= 4 is 62.0 Å². The molecule has 1 amide bonds. The van der Waals surface area contributed by atoms with E-state index in [0.29, 0.717) is 41.1 Å². The van der Waals surface area contributed by atoms with Gasteiger partial charge < -0.3 is 14.6 Å². The molecule has 0 radical (unpaired) electrons. The Balaban J connectivity index is 1.38. The van der Waals surface area contributed by atoms with Crippen molar-refractivity contribution in [3.05, 3.63) is 48.3 Å². The lowest BCUT2D eigenvalue weighted by atomic mass is 10.2. The van der Waals surface area contributed by atoms with Crippen molar-refractivity contribution in [1.29, 1.82) is 0 Å². The highest BCUT2D eigenvalue weighted by atomic mass is 32.2. The average molecular weight is 603 g/mol. The summed E-state index contributed by atoms with van der Waals surface area (Å²) in [6, 6.07) is 10.5. The topological polar surface area (TPSA) is 111 Å². The zero-order chi connectivity index (χ0) is 28.3. The highest BCUT2D eigenvalue weighted by Crippen LogP contribution is 2.36. The first-order chi connectivity index (χ1) is 19.3. The highest BCUT2D eigenvalue weighted by Gasteiger charge is 2.29. The molecule has 0 aliphatic carbocycles. The number of aromatic amines is 1. The molecule has 1 atom stereocenters. The van der Waals surface area contributed by atoms with Crippen LogP contribution in [0.4, 0.5) is 5.69 Å². The number of nitrogens with zero attached hydrogens (tertiary/aromatic N) is 5. The van der Waals surface area contributed by atoms with Gasteiger partial charge in [0.1, 0.15) is 10.8 Å². The molecule has 1 unspecified atom stereocenters. The van der Waals surface area contributed by atoms with Crippen LogP contribution < -0.4 is 9.04 Å². The van der Waals surface area contributed by atoms with Gasteiger partial charge in [-0.2, -0.15) is 21.0 Å². The molecule has 214 valence electrons. The van der Waals surface area contributed by atoms with Gasteiger partial charge in [-0.15, -0.1) is 0 Å². The molecule has 1 aromatic carbocycles. The summed E-state index contributed by atoms with van der Waals surface area (Å²) in [6.45, 7) is 6.98. The fourth-order valence-electron chi connectivity index (χ4n) is 4.86. The predicted molar refractivity (Wildman–Crippen MR) is 164 cm³/mol. The Morgan fingerprint density at radius 3 is 2.73 bits per heavy atom. The largest absolute Gasteiger partial charge is 0.493 e. The van der Waals surface area contributed by atoms with Crippen molar-refractivity contribution in [2.75, 3.05) is 63.0 Å². The fourth-order valence-corrected chi connectivity index (χ4v) is 7.26. The van der Waals surface area contributed by atoms with E-state index < -0.39 is 10.0 Å². The first-order valence-corrected chi connectivity index (χ1v) is 16.2. The number of thioether (sulfide) groups is 1. The third kappa shape index (κ3) is 6.27. The number of benzene rings is 1. The SMILES string of the molecule is CC(=O)N1CCN(CC2CN=C(c3cc4cc(OCCCS)cc(N(C)S(=O)(=O)c5ccccn5)c4[nH]3)S2)CC1. The molecule has 10 nitrogen and oxygen atoms in total. The molecular formula is C27H34N6O4S3. The molecule has 2 aliphatic rings. The average Bonchev–Trinajstić information content (AvgIpc) is 3.60. The van der Waals surface area contributed by atoms with Crippen molar-refractivity contribution < 1.29 is 17.9 Å². The molecule has 40 heavy (non-hydrogen) atoms. The molecule has 3 aromatic rings. The maximum atomic E-state index is 13.4. The number of H-pyrrole nitrogens is 1. The lowest BCUT2D eigenvalue weighted by Gasteiger charge is -2.35. The summed E-state index contributed by atoms with van der Waals surface area (Å²) < 4.78 is 34.1. The number of piperazine rings is 1. The molecule has 1 saturated heterocycles. The van der Waals surface area contributed by atoms with Gasteiger partial charge >= 0.3 is 0 Å². The second kappa shape index (κ2) is 12.4. The highest BCUT2D eigenvalue weighted by molar-refractivity contribution is 8.15. The number of anilines is 1. The van der Waals surface area contributed by atoms with Crippen LogP contribution in [0.2, 0.25) is 0 Å². The Kier molecular flexibility index (Phi) is 8.93. The van der Waals surface area contributed by atoms with Crippen LogP contribution >= 0.6 is 24.4 Å². The number of carbonyl (C=O) groups excluding carboxylic acids is 1. The zero-order valence-electron chi connectivity index (χ0n) is 22.6. The van der Waals surface area contributed by atoms with Crippen LogP contribution in [-0.4, -0.2) is 103 Å². The number of rotatable bonds is 10. The molecule has 4 heterocycles. The Morgan fingerprint density at radius 2 is 2.02 bits per heavy atom. The van der Waals surface area contributed by atoms with Crippen molar-refractivity contribution in [1.82, 2.24) is 19.8 Å². The first-order valence-electron chi connectivity index (χ1n) is 13.3. The number of thiol groups is 1. The minimum atomic E-state index is -3.90. The number of amides is 1. The van der Waals surface area contributed by atoms with Crippen molar-refractivity contribution in [2.24, 2.45) is 4.99 Å². The molecule has 0 bridgehead atoms. The van der Waals surface area contributed by atoms with Gasteiger partial charge in [0, 0.05) is 69.6 Å². The van der Waals surface area contributed by atoms with Gasteiger partial charge in [-0.1, -0.05) is 17.8 Å². The summed E-state index contributed by atoms with van der Waals surface area (Å²) in [5.74, 6) is 1.41. The predicted octanol–water partition coefficient (Wildman–Crippen LogP) is 3.11. The van der Waals surface area contributed by atoms with Gasteiger partial charge in [0.2, 0.25) is 5.91 Å². The molecule has 5 rings (SSSR count). The lowest BCUT2D eigenvalue weighted by Crippen LogP contribution is -2.49. The van der Waals surface area contributed by atoms with E-state index in [2.05, 4.69) is 27.5 Å². The van der Waals surface area contributed by atoms with Crippen LogP contribution in [0.3, 0.4) is 0 Å². The van der Waals surface area contributed by atoms with E-state index >= 15 is 0 Å². The summed E-state index contributed by atoms with van der Waals surface area (Å²) >= 11 is 5.99. The van der Waals surface area contributed by atoms with Crippen LogP contribution in [0.15, 0.2) is 52.6 Å². The summed E-state index contributed by atoms with van der Waals surface area (Å²) in [5.41, 5.74) is 2.01. The zero-order valence-corrected chi connectivity index (χ0v) is 25.1. The van der Waals surface area contributed by atoms with Crippen LogP contribution in [0.5, 0.6) is 5.75 Å². The summed E-state index contributed by atoms with van der Waals surface area (Å²) in [5, 5.41) is 2.03. The summed E-state index contributed by atoms with van der Waals surface area (Å²) in [4.78, 5) is 28.3. The molecule has 2 aliphatic heterocycles. The fraction of sp³-hybridized carbons (Fsp3) is 0.444. The maximum Gasteiger partial charge on any atom is 0.281 e. The van der Waals surface area contributed by atoms with Gasteiger partial charge in [-0.25, -0.2) is 4.98 Å². The molecule has 0 saturated carbocycles. The Labute approximate surface area is 244 Å². The molecular weight excluding hydrogens is 569 g/mol. The minimum absolute atomic E-state index is 0.0264. The Hall–Kier alpha value is -2.74. The minimum Gasteiger partial charge on any atom is -0.493 e. The number of hydrogen-bond donors (Lipinski definition) is 2. The van der Waals surface area contributed by atoms with Crippen LogP contribution in [0.1, 0.15) is 19.0 Å². The lowest BCUT2D eigenvalue weighted by molar-refractivity contribution is -0.130.